The van der Waals surface area contributed by atoms with Gasteiger partial charge in [-0.25, -0.2) is 5.01 Å². The Morgan fingerprint density at radius 2 is 1.82 bits per heavy atom. The molecule has 2 aromatic rings. The van der Waals surface area contributed by atoms with Crippen LogP contribution < -0.4 is 15.2 Å². The van der Waals surface area contributed by atoms with Gasteiger partial charge in [-0.1, -0.05) is 24.3 Å². The average Bonchev–Trinajstić information content (AvgIpc) is 2.68. The molecule has 146 valence electrons. The van der Waals surface area contributed by atoms with Crippen LogP contribution in [-0.2, 0) is 16.1 Å². The Kier molecular flexibility index (Phi) is 5.78. The van der Waals surface area contributed by atoms with E-state index >= 15 is 0 Å². The predicted octanol–water partition coefficient (Wildman–Crippen LogP) is 3.17. The van der Waals surface area contributed by atoms with Crippen molar-refractivity contribution in [2.45, 2.75) is 33.2 Å². The third-order valence-electron chi connectivity index (χ3n) is 4.79. The lowest BCUT2D eigenvalue weighted by molar-refractivity contribution is -0.119. The van der Waals surface area contributed by atoms with E-state index in [0.29, 0.717) is 18.7 Å². The molecule has 0 saturated heterocycles. The number of hydrazone groups is 1. The number of hydrogen-bond donors (Lipinski definition) is 1. The van der Waals surface area contributed by atoms with Gasteiger partial charge in [0.2, 0.25) is 5.91 Å². The van der Waals surface area contributed by atoms with E-state index < -0.39 is 0 Å². The van der Waals surface area contributed by atoms with Gasteiger partial charge < -0.3 is 10.2 Å². The third kappa shape index (κ3) is 4.39. The molecule has 0 aliphatic carbocycles. The lowest BCUT2D eigenvalue weighted by atomic mass is 10.1. The normalized spacial score (nSPS) is 13.9. The molecule has 3 rings (SSSR count). The van der Waals surface area contributed by atoms with Gasteiger partial charge in [0.05, 0.1) is 5.69 Å². The van der Waals surface area contributed by atoms with Crippen molar-refractivity contribution in [3.05, 3.63) is 59.2 Å². The Labute approximate surface area is 165 Å². The number of carbonyl (C=O) groups is 2. The lowest BCUT2D eigenvalue weighted by Gasteiger charge is -2.24. The second-order valence-corrected chi connectivity index (χ2v) is 7.29. The molecule has 2 aromatic carbocycles. The van der Waals surface area contributed by atoms with Crippen LogP contribution in [0.5, 0.6) is 0 Å². The summed E-state index contributed by atoms with van der Waals surface area (Å²) in [5, 5.41) is 8.64. The van der Waals surface area contributed by atoms with E-state index in [1.165, 1.54) is 5.01 Å². The molecule has 0 fully saturated rings. The largest absolute Gasteiger partial charge is 0.378 e. The molecule has 6 nitrogen and oxygen atoms in total. The van der Waals surface area contributed by atoms with Gasteiger partial charge in [0.1, 0.15) is 5.71 Å². The van der Waals surface area contributed by atoms with Crippen LogP contribution in [0.2, 0.25) is 0 Å². The molecular formula is C22H26N4O2. The number of amides is 2. The molecule has 0 unspecified atom stereocenters. The molecule has 0 atom stereocenters. The molecule has 0 spiro atoms. The fraction of sp³-hybridized carbons (Fsp3) is 0.318. The molecule has 2 amide bonds. The monoisotopic (exact) mass is 378 g/mol. The van der Waals surface area contributed by atoms with Gasteiger partial charge in [-0.2, -0.15) is 5.10 Å². The smallest absolute Gasteiger partial charge is 0.267 e. The summed E-state index contributed by atoms with van der Waals surface area (Å²) in [5.41, 5.74) is 5.22. The van der Waals surface area contributed by atoms with Gasteiger partial charge in [0.15, 0.2) is 0 Å². The van der Waals surface area contributed by atoms with Crippen LogP contribution in [0.15, 0.2) is 47.6 Å². The number of rotatable bonds is 5. The summed E-state index contributed by atoms with van der Waals surface area (Å²) in [5.74, 6) is -0.330. The topological polar surface area (TPSA) is 65.0 Å². The van der Waals surface area contributed by atoms with Crippen molar-refractivity contribution in [1.82, 2.24) is 5.32 Å². The van der Waals surface area contributed by atoms with Crippen LogP contribution in [-0.4, -0.2) is 31.6 Å². The number of nitrogens with zero attached hydrogens (tertiary/aromatic N) is 3. The van der Waals surface area contributed by atoms with Gasteiger partial charge in [-0.15, -0.1) is 0 Å². The SMILES string of the molecule is Cc1ccc(C)c(N2N=C(C(=O)NCc3ccc(N(C)C)cc3)CCC2=O)c1. The van der Waals surface area contributed by atoms with E-state index in [-0.39, 0.29) is 18.2 Å². The second kappa shape index (κ2) is 8.25. The quantitative estimate of drug-likeness (QED) is 0.869. The van der Waals surface area contributed by atoms with Crippen LogP contribution >= 0.6 is 0 Å². The van der Waals surface area contributed by atoms with Gasteiger partial charge in [-0.05, 0) is 48.7 Å². The van der Waals surface area contributed by atoms with Gasteiger partial charge >= 0.3 is 0 Å². The highest BCUT2D eigenvalue weighted by Gasteiger charge is 2.26. The standard InChI is InChI=1S/C22H26N4O2/c1-15-5-6-16(2)20(13-15)26-21(27)12-11-19(24-26)22(28)23-14-17-7-9-18(10-8-17)25(3)4/h5-10,13H,11-12,14H2,1-4H3,(H,23,28). The number of hydrogen-bond acceptors (Lipinski definition) is 4. The first kappa shape index (κ1) is 19.6. The summed E-state index contributed by atoms with van der Waals surface area (Å²) in [6.07, 6.45) is 0.628. The second-order valence-electron chi connectivity index (χ2n) is 7.29. The number of benzene rings is 2. The highest BCUT2D eigenvalue weighted by molar-refractivity contribution is 6.40. The fourth-order valence-electron chi connectivity index (χ4n) is 3.05. The molecule has 1 N–H and O–H groups in total. The lowest BCUT2D eigenvalue weighted by Crippen LogP contribution is -2.39. The zero-order chi connectivity index (χ0) is 20.3. The van der Waals surface area contributed by atoms with Gasteiger partial charge in [-0.3, -0.25) is 9.59 Å². The molecule has 0 radical (unpaired) electrons. The van der Waals surface area contributed by atoms with Crippen molar-refractivity contribution >= 4 is 28.9 Å². The van der Waals surface area contributed by atoms with Crippen molar-refractivity contribution in [3.63, 3.8) is 0 Å². The zero-order valence-corrected chi connectivity index (χ0v) is 16.8. The minimum absolute atomic E-state index is 0.0930. The van der Waals surface area contributed by atoms with Crippen LogP contribution in [0.1, 0.15) is 29.5 Å². The summed E-state index contributed by atoms with van der Waals surface area (Å²) in [6.45, 7) is 4.32. The molecule has 0 aromatic heterocycles. The minimum atomic E-state index is -0.237. The summed E-state index contributed by atoms with van der Waals surface area (Å²) in [4.78, 5) is 27.0. The Balaban J connectivity index is 1.72. The first-order valence-corrected chi connectivity index (χ1v) is 9.37. The molecular weight excluding hydrogens is 352 g/mol. The van der Waals surface area contributed by atoms with Gasteiger partial charge in [0.25, 0.3) is 5.91 Å². The predicted molar refractivity (Wildman–Crippen MR) is 113 cm³/mol. The Hall–Kier alpha value is -3.15. The van der Waals surface area contributed by atoms with E-state index in [0.717, 1.165) is 28.1 Å². The first-order chi connectivity index (χ1) is 13.3. The molecule has 28 heavy (non-hydrogen) atoms. The maximum Gasteiger partial charge on any atom is 0.267 e. The van der Waals surface area contributed by atoms with E-state index in [4.69, 9.17) is 0 Å². The maximum absolute atomic E-state index is 12.6. The molecule has 1 aliphatic heterocycles. The summed E-state index contributed by atoms with van der Waals surface area (Å²) in [6, 6.07) is 13.9. The number of nitrogens with one attached hydrogen (secondary N) is 1. The summed E-state index contributed by atoms with van der Waals surface area (Å²) < 4.78 is 0. The number of aryl methyl sites for hydroxylation is 2. The minimum Gasteiger partial charge on any atom is -0.378 e. The van der Waals surface area contributed by atoms with Crippen molar-refractivity contribution in [3.8, 4) is 0 Å². The zero-order valence-electron chi connectivity index (χ0n) is 16.8. The molecule has 0 saturated carbocycles. The van der Waals surface area contributed by atoms with Crippen molar-refractivity contribution in [2.24, 2.45) is 5.10 Å². The fourth-order valence-corrected chi connectivity index (χ4v) is 3.05. The van der Waals surface area contributed by atoms with E-state index in [2.05, 4.69) is 10.4 Å². The van der Waals surface area contributed by atoms with E-state index in [1.807, 2.05) is 75.3 Å². The highest BCUT2D eigenvalue weighted by atomic mass is 16.2. The Morgan fingerprint density at radius 3 is 2.50 bits per heavy atom. The van der Waals surface area contributed by atoms with E-state index in [1.54, 1.807) is 0 Å². The summed E-state index contributed by atoms with van der Waals surface area (Å²) >= 11 is 0. The number of carbonyl (C=O) groups excluding carboxylic acids is 2. The maximum atomic E-state index is 12.6. The highest BCUT2D eigenvalue weighted by Crippen LogP contribution is 2.25. The number of anilines is 2. The van der Waals surface area contributed by atoms with Crippen LogP contribution in [0.3, 0.4) is 0 Å². The third-order valence-corrected chi connectivity index (χ3v) is 4.79. The Morgan fingerprint density at radius 1 is 1.11 bits per heavy atom. The van der Waals surface area contributed by atoms with Crippen LogP contribution in [0.25, 0.3) is 0 Å². The molecule has 1 aliphatic rings. The Bertz CT molecular complexity index is 917. The van der Waals surface area contributed by atoms with Crippen molar-refractivity contribution in [2.75, 3.05) is 24.0 Å². The van der Waals surface area contributed by atoms with Crippen molar-refractivity contribution < 1.29 is 9.59 Å². The molecule has 0 bridgehead atoms. The first-order valence-electron chi connectivity index (χ1n) is 9.37. The molecule has 1 heterocycles. The van der Waals surface area contributed by atoms with E-state index in [9.17, 15) is 9.59 Å². The van der Waals surface area contributed by atoms with Crippen molar-refractivity contribution in [1.29, 1.82) is 0 Å². The van der Waals surface area contributed by atoms with Gasteiger partial charge in [0, 0.05) is 39.2 Å². The van der Waals surface area contributed by atoms with Crippen LogP contribution in [0.4, 0.5) is 11.4 Å². The van der Waals surface area contributed by atoms with Crippen LogP contribution in [0, 0.1) is 13.8 Å². The average molecular weight is 378 g/mol. The summed E-state index contributed by atoms with van der Waals surface area (Å²) in [7, 11) is 3.97. The molecule has 6 heteroatoms.